The Morgan fingerprint density at radius 2 is 1.48 bits per heavy atom. The molecule has 1 saturated carbocycles. The lowest BCUT2D eigenvalue weighted by atomic mass is 9.79. The summed E-state index contributed by atoms with van der Waals surface area (Å²) >= 11 is 0. The molecular formula is C29H36N2. The number of aromatic nitrogens is 2. The average Bonchev–Trinajstić information content (AvgIpc) is 3.11. The van der Waals surface area contributed by atoms with Crippen molar-refractivity contribution in [2.75, 3.05) is 0 Å². The molecule has 2 aromatic carbocycles. The highest BCUT2D eigenvalue weighted by Gasteiger charge is 2.24. The molecule has 1 heterocycles. The van der Waals surface area contributed by atoms with Gasteiger partial charge < -0.3 is 0 Å². The largest absolute Gasteiger partial charge is 0.264 e. The third-order valence-corrected chi connectivity index (χ3v) is 6.85. The first kappa shape index (κ1) is 21.6. The minimum absolute atomic E-state index is 0.725. The maximum Gasteiger partial charge on any atom is 0.0763 e. The maximum atomic E-state index is 5.05. The highest BCUT2D eigenvalue weighted by Crippen LogP contribution is 2.38. The predicted octanol–water partition coefficient (Wildman–Crippen LogP) is 8.08. The van der Waals surface area contributed by atoms with Crippen LogP contribution in [0.4, 0.5) is 0 Å². The minimum atomic E-state index is 0.725. The number of hydrogen-bond acceptors (Lipinski definition) is 1. The predicted molar refractivity (Wildman–Crippen MR) is 132 cm³/mol. The number of aryl methyl sites for hydroxylation is 1. The van der Waals surface area contributed by atoms with E-state index in [2.05, 4.69) is 85.8 Å². The Balaban J connectivity index is 1.52. The van der Waals surface area contributed by atoms with Crippen LogP contribution < -0.4 is 0 Å². The molecule has 0 amide bonds. The van der Waals surface area contributed by atoms with Gasteiger partial charge in [-0.15, -0.1) is 6.58 Å². The third kappa shape index (κ3) is 5.36. The fourth-order valence-electron chi connectivity index (χ4n) is 5.19. The summed E-state index contributed by atoms with van der Waals surface area (Å²) in [5.74, 6) is 1.63. The molecule has 2 heteroatoms. The fourth-order valence-corrected chi connectivity index (χ4v) is 5.19. The Morgan fingerprint density at radius 1 is 0.903 bits per heavy atom. The fraction of sp³-hybridized carbons (Fsp3) is 0.414. The molecular weight excluding hydrogens is 376 g/mol. The second-order valence-electron chi connectivity index (χ2n) is 9.46. The van der Waals surface area contributed by atoms with Gasteiger partial charge in [0.2, 0.25) is 0 Å². The van der Waals surface area contributed by atoms with Gasteiger partial charge in [-0.1, -0.05) is 85.5 Å². The Hall–Kier alpha value is -2.61. The van der Waals surface area contributed by atoms with E-state index in [0.717, 1.165) is 24.1 Å². The number of benzene rings is 2. The van der Waals surface area contributed by atoms with Gasteiger partial charge in [0.1, 0.15) is 0 Å². The van der Waals surface area contributed by atoms with Crippen molar-refractivity contribution < 1.29 is 0 Å². The minimum Gasteiger partial charge on any atom is -0.264 e. The van der Waals surface area contributed by atoms with Gasteiger partial charge in [0.05, 0.1) is 11.4 Å². The first-order valence-electron chi connectivity index (χ1n) is 11.9. The molecule has 1 fully saturated rings. The Morgan fingerprint density at radius 3 is 2.10 bits per heavy atom. The molecule has 1 aliphatic carbocycles. The monoisotopic (exact) mass is 412 g/mol. The van der Waals surface area contributed by atoms with E-state index in [1.54, 1.807) is 0 Å². The molecule has 2 nitrogen and oxygen atoms in total. The molecule has 4 rings (SSSR count). The van der Waals surface area contributed by atoms with Crippen molar-refractivity contribution in [3.8, 4) is 22.4 Å². The Kier molecular flexibility index (Phi) is 7.06. The molecule has 1 aromatic heterocycles. The Bertz CT molecular complexity index is 976. The lowest BCUT2D eigenvalue weighted by Crippen LogP contribution is -2.20. The quantitative estimate of drug-likeness (QED) is 0.342. The molecule has 0 unspecified atom stereocenters. The smallest absolute Gasteiger partial charge is 0.0763 e. The van der Waals surface area contributed by atoms with Crippen LogP contribution in [-0.4, -0.2) is 9.78 Å². The van der Waals surface area contributed by atoms with E-state index in [1.807, 2.05) is 0 Å². The van der Waals surface area contributed by atoms with Crippen molar-refractivity contribution in [3.63, 3.8) is 0 Å². The second kappa shape index (κ2) is 10.1. The van der Waals surface area contributed by atoms with Gasteiger partial charge in [0.15, 0.2) is 0 Å². The molecule has 0 bridgehead atoms. The van der Waals surface area contributed by atoms with Crippen molar-refractivity contribution in [1.29, 1.82) is 0 Å². The van der Waals surface area contributed by atoms with Crippen LogP contribution in [0.25, 0.3) is 22.4 Å². The zero-order chi connectivity index (χ0) is 21.6. The second-order valence-corrected chi connectivity index (χ2v) is 9.46. The molecule has 0 spiro atoms. The van der Waals surface area contributed by atoms with Crippen LogP contribution in [0.3, 0.4) is 0 Å². The van der Waals surface area contributed by atoms with Crippen molar-refractivity contribution in [2.24, 2.45) is 11.8 Å². The van der Waals surface area contributed by atoms with E-state index in [4.69, 9.17) is 5.10 Å². The summed E-state index contributed by atoms with van der Waals surface area (Å²) in [6.45, 7) is 9.38. The van der Waals surface area contributed by atoms with Crippen molar-refractivity contribution in [2.45, 2.75) is 65.3 Å². The zero-order valence-electron chi connectivity index (χ0n) is 19.2. The SMILES string of the molecule is C=C(C)CCCC1CCC(Cn2nc(C)c(-c3ccccc3)c2-c2ccccc2)CC1. The normalized spacial score (nSPS) is 18.8. The molecule has 0 atom stereocenters. The Labute approximate surface area is 188 Å². The summed E-state index contributed by atoms with van der Waals surface area (Å²) in [5.41, 5.74) is 7.51. The topological polar surface area (TPSA) is 17.8 Å². The van der Waals surface area contributed by atoms with Crippen LogP contribution in [0.15, 0.2) is 72.8 Å². The molecule has 0 saturated heterocycles. The van der Waals surface area contributed by atoms with Crippen LogP contribution in [0.2, 0.25) is 0 Å². The van der Waals surface area contributed by atoms with Gasteiger partial charge in [-0.3, -0.25) is 4.68 Å². The van der Waals surface area contributed by atoms with Gasteiger partial charge in [-0.05, 0) is 56.9 Å². The van der Waals surface area contributed by atoms with Gasteiger partial charge in [0.25, 0.3) is 0 Å². The first-order valence-corrected chi connectivity index (χ1v) is 11.9. The molecule has 0 N–H and O–H groups in total. The van der Waals surface area contributed by atoms with Crippen molar-refractivity contribution in [1.82, 2.24) is 9.78 Å². The van der Waals surface area contributed by atoms with E-state index < -0.39 is 0 Å². The highest BCUT2D eigenvalue weighted by atomic mass is 15.3. The molecule has 3 aromatic rings. The molecule has 162 valence electrons. The van der Waals surface area contributed by atoms with Crippen LogP contribution in [0, 0.1) is 18.8 Å². The lowest BCUT2D eigenvalue weighted by Gasteiger charge is -2.29. The summed E-state index contributed by atoms with van der Waals surface area (Å²) < 4.78 is 2.30. The van der Waals surface area contributed by atoms with Crippen LogP contribution in [0.5, 0.6) is 0 Å². The van der Waals surface area contributed by atoms with E-state index in [1.165, 1.54) is 72.9 Å². The summed E-state index contributed by atoms with van der Waals surface area (Å²) in [5, 5.41) is 5.05. The van der Waals surface area contributed by atoms with Gasteiger partial charge in [-0.25, -0.2) is 0 Å². The maximum absolute atomic E-state index is 5.05. The molecule has 1 aliphatic rings. The van der Waals surface area contributed by atoms with Crippen LogP contribution >= 0.6 is 0 Å². The molecule has 0 radical (unpaired) electrons. The van der Waals surface area contributed by atoms with E-state index in [0.29, 0.717) is 0 Å². The average molecular weight is 413 g/mol. The highest BCUT2D eigenvalue weighted by molar-refractivity contribution is 5.82. The summed E-state index contributed by atoms with van der Waals surface area (Å²) in [6, 6.07) is 21.5. The first-order chi connectivity index (χ1) is 15.1. The summed E-state index contributed by atoms with van der Waals surface area (Å²) in [6.07, 6.45) is 9.25. The van der Waals surface area contributed by atoms with E-state index >= 15 is 0 Å². The zero-order valence-corrected chi connectivity index (χ0v) is 19.2. The van der Waals surface area contributed by atoms with Gasteiger partial charge in [0, 0.05) is 17.7 Å². The van der Waals surface area contributed by atoms with Gasteiger partial charge >= 0.3 is 0 Å². The van der Waals surface area contributed by atoms with Gasteiger partial charge in [-0.2, -0.15) is 5.10 Å². The van der Waals surface area contributed by atoms with Crippen molar-refractivity contribution in [3.05, 3.63) is 78.5 Å². The summed E-state index contributed by atoms with van der Waals surface area (Å²) in [4.78, 5) is 0. The third-order valence-electron chi connectivity index (χ3n) is 6.85. The number of nitrogens with zero attached hydrogens (tertiary/aromatic N) is 2. The molecule has 31 heavy (non-hydrogen) atoms. The van der Waals surface area contributed by atoms with Crippen LogP contribution in [0.1, 0.15) is 57.6 Å². The van der Waals surface area contributed by atoms with E-state index in [9.17, 15) is 0 Å². The molecule has 0 aliphatic heterocycles. The van der Waals surface area contributed by atoms with E-state index in [-0.39, 0.29) is 0 Å². The lowest BCUT2D eigenvalue weighted by molar-refractivity contribution is 0.235. The van der Waals surface area contributed by atoms with Crippen LogP contribution in [-0.2, 0) is 6.54 Å². The number of rotatable bonds is 8. The summed E-state index contributed by atoms with van der Waals surface area (Å²) in [7, 11) is 0. The number of allylic oxidation sites excluding steroid dienone is 1. The van der Waals surface area contributed by atoms with Crippen molar-refractivity contribution >= 4 is 0 Å². The standard InChI is InChI=1S/C29H36N2/c1-22(2)11-10-12-24-17-19-25(20-18-24)21-31-29(27-15-8-5-9-16-27)28(23(3)30-31)26-13-6-4-7-14-26/h4-9,13-16,24-25H,1,10-12,17-21H2,2-3H3. The number of hydrogen-bond donors (Lipinski definition) is 0.